The van der Waals surface area contributed by atoms with Crippen molar-refractivity contribution in [2.45, 2.75) is 36.9 Å². The van der Waals surface area contributed by atoms with Gasteiger partial charge in [0.2, 0.25) is 0 Å². The Kier molecular flexibility index (Phi) is 4.15. The van der Waals surface area contributed by atoms with Crippen LogP contribution in [0.25, 0.3) is 0 Å². The highest BCUT2D eigenvalue weighted by atomic mass is 35.5. The maximum absolute atomic E-state index is 13.1. The minimum atomic E-state index is -3.22. The summed E-state index contributed by atoms with van der Waals surface area (Å²) in [5, 5.41) is 0.558. The van der Waals surface area contributed by atoms with Gasteiger partial charge < -0.3 is 9.32 Å². The third-order valence-corrected chi connectivity index (χ3v) is 6.49. The zero-order valence-electron chi connectivity index (χ0n) is 14.5. The van der Waals surface area contributed by atoms with Crippen LogP contribution in [0, 0.1) is 0 Å². The molecule has 0 N–H and O–H groups in total. The number of carbonyl (C=O) groups excluding carboxylic acids is 1. The molecular formula is C19H20ClNO4S. The quantitative estimate of drug-likeness (QED) is 0.791. The number of carbonyl (C=O) groups is 1. The Hall–Kier alpha value is -1.79. The molecule has 2 aliphatic rings. The third-order valence-electron chi connectivity index (χ3n) is 5.37. The molecule has 4 rings (SSSR count). The lowest BCUT2D eigenvalue weighted by Crippen LogP contribution is -2.35. The van der Waals surface area contributed by atoms with Crippen molar-refractivity contribution in [3.8, 4) is 0 Å². The number of sulfone groups is 1. The van der Waals surface area contributed by atoms with E-state index in [0.717, 1.165) is 43.2 Å². The Morgan fingerprint density at radius 1 is 1.23 bits per heavy atom. The molecule has 138 valence electrons. The molecule has 0 radical (unpaired) electrons. The number of amides is 1. The van der Waals surface area contributed by atoms with Gasteiger partial charge in [0.25, 0.3) is 5.91 Å². The standard InChI is InChI=1S/C19H20ClNO4S/c1-26(23,24)11-13-7-8-16(25-13)18(22)21-12-19(9-2-3-10-19)14-5-4-6-15(20)17(14)21/h4-8H,2-3,9-12H2,1H3. The van der Waals surface area contributed by atoms with Crippen molar-refractivity contribution < 1.29 is 17.6 Å². The average Bonchev–Trinajstić information content (AvgIpc) is 3.27. The summed E-state index contributed by atoms with van der Waals surface area (Å²) in [6, 6.07) is 8.89. The second kappa shape index (κ2) is 6.13. The first-order chi connectivity index (χ1) is 12.3. The van der Waals surface area contributed by atoms with Gasteiger partial charge in [-0.25, -0.2) is 8.42 Å². The number of rotatable bonds is 3. The first-order valence-electron chi connectivity index (χ1n) is 8.66. The lowest BCUT2D eigenvalue weighted by molar-refractivity contribution is 0.0957. The summed E-state index contributed by atoms with van der Waals surface area (Å²) in [7, 11) is -3.22. The second-order valence-corrected chi connectivity index (χ2v) is 9.90. The predicted molar refractivity (Wildman–Crippen MR) is 101 cm³/mol. The lowest BCUT2D eigenvalue weighted by Gasteiger charge is -2.24. The van der Waals surface area contributed by atoms with Gasteiger partial charge in [-0.1, -0.05) is 36.6 Å². The summed E-state index contributed by atoms with van der Waals surface area (Å²) >= 11 is 6.45. The monoisotopic (exact) mass is 393 g/mol. The summed E-state index contributed by atoms with van der Waals surface area (Å²) in [5.41, 5.74) is 1.87. The van der Waals surface area contributed by atoms with Gasteiger partial charge >= 0.3 is 0 Å². The molecule has 1 saturated carbocycles. The fraction of sp³-hybridized carbons (Fsp3) is 0.421. The van der Waals surface area contributed by atoms with Crippen molar-refractivity contribution in [2.75, 3.05) is 17.7 Å². The average molecular weight is 394 g/mol. The van der Waals surface area contributed by atoms with Crippen molar-refractivity contribution in [3.63, 3.8) is 0 Å². The van der Waals surface area contributed by atoms with E-state index < -0.39 is 9.84 Å². The fourth-order valence-corrected chi connectivity index (χ4v) is 5.25. The van der Waals surface area contributed by atoms with Gasteiger partial charge in [0.1, 0.15) is 11.5 Å². The number of fused-ring (bicyclic) bond motifs is 2. The number of nitrogens with zero attached hydrogens (tertiary/aromatic N) is 1. The van der Waals surface area contributed by atoms with Crippen LogP contribution in [0.4, 0.5) is 5.69 Å². The molecule has 1 spiro atoms. The summed E-state index contributed by atoms with van der Waals surface area (Å²) in [4.78, 5) is 14.8. The van der Waals surface area contributed by atoms with Crippen LogP contribution in [0.1, 0.15) is 47.6 Å². The van der Waals surface area contributed by atoms with Crippen LogP contribution in [-0.2, 0) is 21.0 Å². The Morgan fingerprint density at radius 3 is 2.65 bits per heavy atom. The van der Waals surface area contributed by atoms with Crippen LogP contribution in [0.5, 0.6) is 0 Å². The van der Waals surface area contributed by atoms with Crippen LogP contribution in [0.3, 0.4) is 0 Å². The molecule has 2 heterocycles. The smallest absolute Gasteiger partial charge is 0.294 e. The van der Waals surface area contributed by atoms with Crippen LogP contribution in [0.15, 0.2) is 34.7 Å². The molecule has 0 unspecified atom stereocenters. The molecule has 2 aromatic rings. The number of halogens is 1. The van der Waals surface area contributed by atoms with Gasteiger partial charge in [0.05, 0.1) is 10.7 Å². The van der Waals surface area contributed by atoms with E-state index in [9.17, 15) is 13.2 Å². The SMILES string of the molecule is CS(=O)(=O)Cc1ccc(C(=O)N2CC3(CCCC3)c3cccc(Cl)c32)o1. The maximum atomic E-state index is 13.1. The normalized spacial score (nSPS) is 18.5. The van der Waals surface area contributed by atoms with E-state index >= 15 is 0 Å². The maximum Gasteiger partial charge on any atom is 0.294 e. The molecule has 0 bridgehead atoms. The van der Waals surface area contributed by atoms with Crippen molar-refractivity contribution in [3.05, 3.63) is 52.4 Å². The fourth-order valence-electron chi connectivity index (χ4n) is 4.30. The van der Waals surface area contributed by atoms with Gasteiger partial charge in [-0.15, -0.1) is 0 Å². The largest absolute Gasteiger partial charge is 0.455 e. The molecule has 1 amide bonds. The van der Waals surface area contributed by atoms with Gasteiger partial charge in [-0.3, -0.25) is 4.79 Å². The molecule has 1 aliphatic carbocycles. The summed E-state index contributed by atoms with van der Waals surface area (Å²) in [5.74, 6) is -0.0841. The van der Waals surface area contributed by atoms with E-state index in [0.29, 0.717) is 11.6 Å². The third kappa shape index (κ3) is 2.95. The first kappa shape index (κ1) is 17.6. The zero-order chi connectivity index (χ0) is 18.5. The summed E-state index contributed by atoms with van der Waals surface area (Å²) in [6.45, 7) is 0.590. The summed E-state index contributed by atoms with van der Waals surface area (Å²) < 4.78 is 28.4. The Labute approximate surface area is 157 Å². The molecule has 1 fully saturated rings. The van der Waals surface area contributed by atoms with E-state index in [4.69, 9.17) is 16.0 Å². The Balaban J connectivity index is 1.70. The second-order valence-electron chi connectivity index (χ2n) is 7.35. The van der Waals surface area contributed by atoms with Crippen LogP contribution >= 0.6 is 11.6 Å². The van der Waals surface area contributed by atoms with E-state index in [-0.39, 0.29) is 28.6 Å². The molecular weight excluding hydrogens is 374 g/mol. The topological polar surface area (TPSA) is 67.6 Å². The number of anilines is 1. The Morgan fingerprint density at radius 2 is 1.96 bits per heavy atom. The van der Waals surface area contributed by atoms with Crippen molar-refractivity contribution in [1.29, 1.82) is 0 Å². The highest BCUT2D eigenvalue weighted by Gasteiger charge is 2.47. The van der Waals surface area contributed by atoms with Gasteiger partial charge in [0.15, 0.2) is 15.6 Å². The van der Waals surface area contributed by atoms with Crippen LogP contribution in [0.2, 0.25) is 5.02 Å². The minimum Gasteiger partial charge on any atom is -0.455 e. The molecule has 1 aliphatic heterocycles. The molecule has 1 aromatic carbocycles. The van der Waals surface area contributed by atoms with Crippen LogP contribution in [-0.4, -0.2) is 27.1 Å². The van der Waals surface area contributed by atoms with Gasteiger partial charge in [-0.05, 0) is 36.6 Å². The minimum absolute atomic E-state index is 0.0297. The van der Waals surface area contributed by atoms with E-state index in [1.807, 2.05) is 6.07 Å². The number of hydrogen-bond acceptors (Lipinski definition) is 4. The van der Waals surface area contributed by atoms with Crippen LogP contribution < -0.4 is 4.90 Å². The molecule has 0 saturated heterocycles. The highest BCUT2D eigenvalue weighted by molar-refractivity contribution is 7.89. The molecule has 1 aromatic heterocycles. The highest BCUT2D eigenvalue weighted by Crippen LogP contribution is 2.52. The van der Waals surface area contributed by atoms with Crippen molar-refractivity contribution >= 4 is 33.0 Å². The summed E-state index contributed by atoms with van der Waals surface area (Å²) in [6.07, 6.45) is 5.51. The van der Waals surface area contributed by atoms with E-state index in [1.165, 1.54) is 0 Å². The van der Waals surface area contributed by atoms with Crippen molar-refractivity contribution in [2.24, 2.45) is 0 Å². The number of para-hydroxylation sites is 1. The lowest BCUT2D eigenvalue weighted by atomic mass is 9.81. The van der Waals surface area contributed by atoms with E-state index in [1.54, 1.807) is 23.1 Å². The molecule has 5 nitrogen and oxygen atoms in total. The number of benzene rings is 1. The molecule has 0 atom stereocenters. The Bertz CT molecular complexity index is 973. The predicted octanol–water partition coefficient (Wildman–Crippen LogP) is 3.95. The van der Waals surface area contributed by atoms with Gasteiger partial charge in [-0.2, -0.15) is 0 Å². The number of furan rings is 1. The zero-order valence-corrected chi connectivity index (χ0v) is 16.1. The first-order valence-corrected chi connectivity index (χ1v) is 11.1. The molecule has 26 heavy (non-hydrogen) atoms. The van der Waals surface area contributed by atoms with Gasteiger partial charge in [0, 0.05) is 18.2 Å². The molecule has 7 heteroatoms. The van der Waals surface area contributed by atoms with Crippen molar-refractivity contribution in [1.82, 2.24) is 0 Å². The number of hydrogen-bond donors (Lipinski definition) is 0. The van der Waals surface area contributed by atoms with E-state index in [2.05, 4.69) is 6.07 Å².